The number of amides is 2. The molecule has 0 aromatic carbocycles. The average Bonchev–Trinajstić information content (AvgIpc) is 3.08. The third kappa shape index (κ3) is 3.03. The van der Waals surface area contributed by atoms with E-state index in [0.717, 1.165) is 12.1 Å². The van der Waals surface area contributed by atoms with Crippen LogP contribution < -0.4 is 4.90 Å². The van der Waals surface area contributed by atoms with Crippen molar-refractivity contribution in [1.29, 1.82) is 0 Å². The first kappa shape index (κ1) is 17.3. The van der Waals surface area contributed by atoms with E-state index in [-0.39, 0.29) is 23.4 Å². The predicted molar refractivity (Wildman–Crippen MR) is 89.2 cm³/mol. The van der Waals surface area contributed by atoms with Gasteiger partial charge >= 0.3 is 6.03 Å². The third-order valence-electron chi connectivity index (χ3n) is 4.51. The van der Waals surface area contributed by atoms with E-state index in [4.69, 9.17) is 4.52 Å². The van der Waals surface area contributed by atoms with Gasteiger partial charge in [-0.3, -0.25) is 0 Å². The molecule has 2 unspecified atom stereocenters. The van der Waals surface area contributed by atoms with Crippen LogP contribution in [-0.4, -0.2) is 40.0 Å². The Bertz CT molecular complexity index is 594. The van der Waals surface area contributed by atoms with Gasteiger partial charge in [-0.15, -0.1) is 13.2 Å². The highest BCUT2D eigenvalue weighted by Crippen LogP contribution is 2.33. The number of nitrogens with zero attached hydrogens (tertiary/aromatic N) is 3. The third-order valence-corrected chi connectivity index (χ3v) is 4.51. The number of aliphatic hydroxyl groups is 1. The number of rotatable bonds is 7. The summed E-state index contributed by atoms with van der Waals surface area (Å²) in [7, 11) is 0. The molecule has 1 aliphatic heterocycles. The molecule has 0 aliphatic carbocycles. The van der Waals surface area contributed by atoms with Gasteiger partial charge in [0, 0.05) is 18.0 Å². The molecule has 1 aromatic rings. The summed E-state index contributed by atoms with van der Waals surface area (Å²) in [5, 5.41) is 14.6. The van der Waals surface area contributed by atoms with Gasteiger partial charge < -0.3 is 14.5 Å². The number of anilines is 1. The van der Waals surface area contributed by atoms with Crippen molar-refractivity contribution in [3.05, 3.63) is 37.1 Å². The minimum atomic E-state index is -1.01. The van der Waals surface area contributed by atoms with Crippen molar-refractivity contribution in [2.75, 3.05) is 11.4 Å². The van der Waals surface area contributed by atoms with Gasteiger partial charge in [-0.05, 0) is 12.8 Å². The Morgan fingerprint density at radius 1 is 1.43 bits per heavy atom. The molecule has 0 saturated carbocycles. The van der Waals surface area contributed by atoms with Crippen LogP contribution in [0.4, 0.5) is 10.7 Å². The van der Waals surface area contributed by atoms with E-state index in [1.807, 2.05) is 0 Å². The van der Waals surface area contributed by atoms with Crippen LogP contribution in [0.25, 0.3) is 0 Å². The largest absolute Gasteiger partial charge is 0.371 e. The van der Waals surface area contributed by atoms with Crippen LogP contribution >= 0.6 is 0 Å². The average molecular weight is 319 g/mol. The van der Waals surface area contributed by atoms with Crippen LogP contribution in [0.3, 0.4) is 0 Å². The number of hydrogen-bond acceptors (Lipinski definition) is 4. The van der Waals surface area contributed by atoms with Crippen molar-refractivity contribution in [3.63, 3.8) is 0 Å². The monoisotopic (exact) mass is 319 g/mol. The van der Waals surface area contributed by atoms with Crippen molar-refractivity contribution < 1.29 is 14.4 Å². The normalized spacial score (nSPS) is 21.8. The van der Waals surface area contributed by atoms with Crippen LogP contribution in [0.15, 0.2) is 35.9 Å². The van der Waals surface area contributed by atoms with Gasteiger partial charge in [0.15, 0.2) is 6.23 Å². The first-order chi connectivity index (χ1) is 10.9. The molecular weight excluding hydrogens is 294 g/mol. The zero-order chi connectivity index (χ0) is 17.2. The topological polar surface area (TPSA) is 69.8 Å². The lowest BCUT2D eigenvalue weighted by Gasteiger charge is -2.21. The Balaban J connectivity index is 2.33. The minimum Gasteiger partial charge on any atom is -0.371 e. The zero-order valence-electron chi connectivity index (χ0n) is 14.0. The van der Waals surface area contributed by atoms with Crippen molar-refractivity contribution in [1.82, 2.24) is 10.1 Å². The molecule has 2 atom stereocenters. The van der Waals surface area contributed by atoms with Gasteiger partial charge in [0.2, 0.25) is 5.88 Å². The Hall–Kier alpha value is -2.08. The van der Waals surface area contributed by atoms with Gasteiger partial charge in [0.25, 0.3) is 0 Å². The smallest absolute Gasteiger partial charge is 0.329 e. The number of hydrogen-bond donors (Lipinski definition) is 1. The predicted octanol–water partition coefficient (Wildman–Crippen LogP) is 3.05. The fourth-order valence-electron chi connectivity index (χ4n) is 2.60. The van der Waals surface area contributed by atoms with Gasteiger partial charge in [0.1, 0.15) is 0 Å². The van der Waals surface area contributed by atoms with Crippen molar-refractivity contribution in [2.24, 2.45) is 0 Å². The summed E-state index contributed by atoms with van der Waals surface area (Å²) >= 11 is 0. The summed E-state index contributed by atoms with van der Waals surface area (Å²) < 4.78 is 5.35. The van der Waals surface area contributed by atoms with Crippen molar-refractivity contribution >= 4 is 11.9 Å². The lowest BCUT2D eigenvalue weighted by atomic mass is 9.87. The molecule has 0 spiro atoms. The summed E-state index contributed by atoms with van der Waals surface area (Å²) in [5.74, 6) is 0.264. The van der Waals surface area contributed by atoms with Crippen molar-refractivity contribution in [3.8, 4) is 0 Å². The quantitative estimate of drug-likeness (QED) is 0.784. The molecule has 1 N–H and O–H groups in total. The molecule has 23 heavy (non-hydrogen) atoms. The second-order valence-electron chi connectivity index (χ2n) is 6.39. The summed E-state index contributed by atoms with van der Waals surface area (Å²) in [6, 6.07) is 1.03. The molecule has 6 heteroatoms. The van der Waals surface area contributed by atoms with E-state index in [0.29, 0.717) is 13.0 Å². The van der Waals surface area contributed by atoms with Crippen LogP contribution in [0.5, 0.6) is 0 Å². The second-order valence-corrected chi connectivity index (χ2v) is 6.39. The summed E-state index contributed by atoms with van der Waals surface area (Å²) in [4.78, 5) is 15.5. The molecule has 1 aromatic heterocycles. The summed E-state index contributed by atoms with van der Waals surface area (Å²) in [5.41, 5.74) is 0.606. The fraction of sp³-hybridized carbons (Fsp3) is 0.529. The summed E-state index contributed by atoms with van der Waals surface area (Å²) in [6.45, 7) is 13.9. The Morgan fingerprint density at radius 3 is 2.70 bits per heavy atom. The molecule has 6 nitrogen and oxygen atoms in total. The zero-order valence-corrected chi connectivity index (χ0v) is 14.0. The van der Waals surface area contributed by atoms with E-state index >= 15 is 0 Å². The molecule has 2 amide bonds. The molecule has 1 fully saturated rings. The van der Waals surface area contributed by atoms with E-state index in [2.05, 4.69) is 39.1 Å². The second kappa shape index (κ2) is 6.58. The van der Waals surface area contributed by atoms with Gasteiger partial charge in [-0.25, -0.2) is 9.69 Å². The van der Waals surface area contributed by atoms with Crippen LogP contribution in [0, 0.1) is 0 Å². The lowest BCUT2D eigenvalue weighted by molar-refractivity contribution is 0.122. The van der Waals surface area contributed by atoms with E-state index in [9.17, 15) is 9.90 Å². The minimum absolute atomic E-state index is 0.156. The number of aromatic nitrogens is 1. The molecule has 1 aliphatic rings. The SMILES string of the molecule is C=CCC1C(O)N(c2cc(C(C)(C)CC)no2)C(=O)N1CC=C. The summed E-state index contributed by atoms with van der Waals surface area (Å²) in [6.07, 6.45) is 3.68. The molecule has 126 valence electrons. The highest BCUT2D eigenvalue weighted by atomic mass is 16.5. The van der Waals surface area contributed by atoms with Gasteiger partial charge in [-0.2, -0.15) is 0 Å². The van der Waals surface area contributed by atoms with E-state index in [1.165, 1.54) is 4.90 Å². The lowest BCUT2D eigenvalue weighted by Crippen LogP contribution is -2.36. The molecule has 2 rings (SSSR count). The maximum Gasteiger partial charge on any atom is 0.329 e. The standard InChI is InChI=1S/C17H25N3O3/c1-6-9-12-15(21)20(16(22)19(12)10-7-2)14-11-13(18-23-14)17(4,5)8-3/h6-7,11-12,15,21H,1-2,8-10H2,3-5H3. The van der Waals surface area contributed by atoms with Crippen LogP contribution in [0.1, 0.15) is 39.3 Å². The highest BCUT2D eigenvalue weighted by Gasteiger charge is 2.46. The molecule has 0 bridgehead atoms. The highest BCUT2D eigenvalue weighted by molar-refractivity contribution is 5.94. The van der Waals surface area contributed by atoms with Crippen molar-refractivity contribution in [2.45, 2.75) is 51.3 Å². The fourth-order valence-corrected chi connectivity index (χ4v) is 2.60. The molecular formula is C17H25N3O3. The number of urea groups is 1. The van der Waals surface area contributed by atoms with E-state index in [1.54, 1.807) is 23.1 Å². The van der Waals surface area contributed by atoms with E-state index < -0.39 is 6.23 Å². The number of aliphatic hydroxyl groups excluding tert-OH is 1. The Morgan fingerprint density at radius 2 is 2.13 bits per heavy atom. The first-order valence-electron chi connectivity index (χ1n) is 7.84. The maximum absolute atomic E-state index is 12.6. The molecule has 1 saturated heterocycles. The number of carbonyl (C=O) groups is 1. The Kier molecular flexibility index (Phi) is 4.94. The van der Waals surface area contributed by atoms with Crippen LogP contribution in [-0.2, 0) is 5.41 Å². The van der Waals surface area contributed by atoms with Gasteiger partial charge in [-0.1, -0.05) is 38.1 Å². The van der Waals surface area contributed by atoms with Crippen LogP contribution in [0.2, 0.25) is 0 Å². The maximum atomic E-state index is 12.6. The van der Waals surface area contributed by atoms with Gasteiger partial charge in [0.05, 0.1) is 11.7 Å². The first-order valence-corrected chi connectivity index (χ1v) is 7.84. The Labute approximate surface area is 137 Å². The molecule has 0 radical (unpaired) electrons. The molecule has 2 heterocycles. The number of carbonyl (C=O) groups excluding carboxylic acids is 1.